The molecule has 1 aromatic rings. The molecule has 0 spiro atoms. The van der Waals surface area contributed by atoms with Crippen molar-refractivity contribution >= 4 is 21.2 Å². The summed E-state index contributed by atoms with van der Waals surface area (Å²) in [7, 11) is -2.83. The lowest BCUT2D eigenvalue weighted by Crippen LogP contribution is -2.17. The highest BCUT2D eigenvalue weighted by Crippen LogP contribution is 2.30. The van der Waals surface area contributed by atoms with Crippen molar-refractivity contribution in [1.82, 2.24) is 15.5 Å². The van der Waals surface area contributed by atoms with Gasteiger partial charge in [-0.3, -0.25) is 0 Å². The number of nitrogens with zero attached hydrogens (tertiary/aromatic N) is 2. The Morgan fingerprint density at radius 1 is 1.26 bits per heavy atom. The molecular weight excluding hydrogens is 282 g/mol. The van der Waals surface area contributed by atoms with E-state index >= 15 is 0 Å². The summed E-state index contributed by atoms with van der Waals surface area (Å²) in [5.41, 5.74) is 0. The lowest BCUT2D eigenvalue weighted by molar-refractivity contribution is 0.601. The summed E-state index contributed by atoms with van der Waals surface area (Å²) in [5.74, 6) is 0.642. The smallest absolute Gasteiger partial charge is 0.151 e. The lowest BCUT2D eigenvalue weighted by Gasteiger charge is -2.00. The van der Waals surface area contributed by atoms with Crippen LogP contribution in [0.5, 0.6) is 0 Å². The Balaban J connectivity index is 1.48. The van der Waals surface area contributed by atoms with Gasteiger partial charge in [0, 0.05) is 18.4 Å². The average Bonchev–Trinajstić information content (AvgIpc) is 2.94. The predicted octanol–water partition coefficient (Wildman–Crippen LogP) is 1.12. The zero-order valence-electron chi connectivity index (χ0n) is 10.8. The van der Waals surface area contributed by atoms with Crippen LogP contribution in [0.3, 0.4) is 0 Å². The standard InChI is InChI=1S/C12H19N3O2S2/c16-19(17)7-5-9(8-19)12-15-14-11(18-12)2-1-6-13-10-3-4-10/h9-10,13H,1-8H2. The maximum absolute atomic E-state index is 11.4. The van der Waals surface area contributed by atoms with Crippen molar-refractivity contribution in [2.24, 2.45) is 0 Å². The van der Waals surface area contributed by atoms with Gasteiger partial charge < -0.3 is 5.32 Å². The van der Waals surface area contributed by atoms with Gasteiger partial charge in [-0.25, -0.2) is 8.42 Å². The first kappa shape index (κ1) is 13.5. The fraction of sp³-hybridized carbons (Fsp3) is 0.833. The molecule has 1 aliphatic heterocycles. The molecule has 1 saturated carbocycles. The van der Waals surface area contributed by atoms with E-state index in [9.17, 15) is 8.42 Å². The minimum absolute atomic E-state index is 0.0841. The summed E-state index contributed by atoms with van der Waals surface area (Å²) in [4.78, 5) is 0. The van der Waals surface area contributed by atoms with Crippen LogP contribution in [0, 0.1) is 0 Å². The van der Waals surface area contributed by atoms with Gasteiger partial charge in [0.2, 0.25) is 0 Å². The van der Waals surface area contributed by atoms with Crippen molar-refractivity contribution in [2.75, 3.05) is 18.1 Å². The van der Waals surface area contributed by atoms with Crippen molar-refractivity contribution in [2.45, 2.75) is 44.1 Å². The highest BCUT2D eigenvalue weighted by Gasteiger charge is 2.31. The molecule has 0 bridgehead atoms. The van der Waals surface area contributed by atoms with E-state index in [-0.39, 0.29) is 11.7 Å². The normalized spacial score (nSPS) is 25.8. The Bertz CT molecular complexity index is 537. The van der Waals surface area contributed by atoms with Gasteiger partial charge in [-0.2, -0.15) is 0 Å². The summed E-state index contributed by atoms with van der Waals surface area (Å²) >= 11 is 1.59. The van der Waals surface area contributed by atoms with Gasteiger partial charge in [-0.05, 0) is 32.2 Å². The van der Waals surface area contributed by atoms with Gasteiger partial charge in [-0.15, -0.1) is 21.5 Å². The van der Waals surface area contributed by atoms with Gasteiger partial charge >= 0.3 is 0 Å². The Morgan fingerprint density at radius 2 is 2.11 bits per heavy atom. The number of sulfone groups is 1. The minimum atomic E-state index is -2.83. The highest BCUT2D eigenvalue weighted by atomic mass is 32.2. The Labute approximate surface area is 117 Å². The molecule has 3 rings (SSSR count). The molecule has 2 heterocycles. The molecule has 2 aliphatic rings. The number of rotatable bonds is 6. The summed E-state index contributed by atoms with van der Waals surface area (Å²) in [6.07, 6.45) is 5.36. The average molecular weight is 301 g/mol. The van der Waals surface area contributed by atoms with Gasteiger partial charge in [0.05, 0.1) is 11.5 Å². The summed E-state index contributed by atoms with van der Waals surface area (Å²) in [6, 6.07) is 0.758. The van der Waals surface area contributed by atoms with Crippen molar-refractivity contribution in [1.29, 1.82) is 0 Å². The molecule has 19 heavy (non-hydrogen) atoms. The molecule has 1 saturated heterocycles. The summed E-state index contributed by atoms with van der Waals surface area (Å²) in [6.45, 7) is 1.04. The van der Waals surface area contributed by atoms with E-state index in [0.717, 1.165) is 35.4 Å². The Morgan fingerprint density at radius 3 is 2.79 bits per heavy atom. The van der Waals surface area contributed by atoms with Crippen LogP contribution in [0.1, 0.15) is 41.6 Å². The first-order chi connectivity index (χ1) is 9.12. The summed E-state index contributed by atoms with van der Waals surface area (Å²) in [5, 5.41) is 13.8. The minimum Gasteiger partial charge on any atom is -0.314 e. The molecule has 0 aromatic carbocycles. The molecule has 1 N–H and O–H groups in total. The van der Waals surface area contributed by atoms with Gasteiger partial charge in [-0.1, -0.05) is 0 Å². The molecule has 1 atom stereocenters. The van der Waals surface area contributed by atoms with E-state index in [0.29, 0.717) is 12.2 Å². The topological polar surface area (TPSA) is 72.0 Å². The first-order valence-electron chi connectivity index (χ1n) is 6.88. The van der Waals surface area contributed by atoms with Crippen molar-refractivity contribution in [3.05, 3.63) is 10.0 Å². The largest absolute Gasteiger partial charge is 0.314 e. The third-order valence-corrected chi connectivity index (χ3v) is 6.56. The lowest BCUT2D eigenvalue weighted by atomic mass is 10.1. The van der Waals surface area contributed by atoms with E-state index in [4.69, 9.17) is 0 Å². The van der Waals surface area contributed by atoms with E-state index < -0.39 is 9.84 Å². The maximum Gasteiger partial charge on any atom is 0.151 e. The zero-order valence-corrected chi connectivity index (χ0v) is 12.5. The molecule has 2 fully saturated rings. The van der Waals surface area contributed by atoms with E-state index in [1.165, 1.54) is 12.8 Å². The van der Waals surface area contributed by atoms with Crippen LogP contribution in [-0.2, 0) is 16.3 Å². The highest BCUT2D eigenvalue weighted by molar-refractivity contribution is 7.91. The molecule has 0 amide bonds. The van der Waals surface area contributed by atoms with E-state index in [2.05, 4.69) is 15.5 Å². The quantitative estimate of drug-likeness (QED) is 0.797. The van der Waals surface area contributed by atoms with Crippen molar-refractivity contribution in [3.8, 4) is 0 Å². The second kappa shape index (κ2) is 5.46. The zero-order chi connectivity index (χ0) is 13.3. The molecule has 7 heteroatoms. The monoisotopic (exact) mass is 301 g/mol. The van der Waals surface area contributed by atoms with Crippen molar-refractivity contribution in [3.63, 3.8) is 0 Å². The van der Waals surface area contributed by atoms with Gasteiger partial charge in [0.25, 0.3) is 0 Å². The fourth-order valence-electron chi connectivity index (χ4n) is 2.36. The SMILES string of the molecule is O=S1(=O)CCC(c2nnc(CCCNC3CC3)s2)C1. The van der Waals surface area contributed by atoms with Crippen LogP contribution in [0.25, 0.3) is 0 Å². The van der Waals surface area contributed by atoms with Crippen LogP contribution in [0.2, 0.25) is 0 Å². The van der Waals surface area contributed by atoms with Crippen LogP contribution < -0.4 is 5.32 Å². The summed E-state index contributed by atoms with van der Waals surface area (Å²) < 4.78 is 22.9. The Hall–Kier alpha value is -0.530. The fourth-order valence-corrected chi connectivity index (χ4v) is 5.23. The maximum atomic E-state index is 11.4. The number of nitrogens with one attached hydrogen (secondary N) is 1. The molecule has 0 radical (unpaired) electrons. The molecule has 1 aliphatic carbocycles. The molecular formula is C12H19N3O2S2. The van der Waals surface area contributed by atoms with Gasteiger partial charge in [0.15, 0.2) is 9.84 Å². The van der Waals surface area contributed by atoms with Crippen LogP contribution in [0.4, 0.5) is 0 Å². The van der Waals surface area contributed by atoms with E-state index in [1.807, 2.05) is 0 Å². The third-order valence-electron chi connectivity index (χ3n) is 3.64. The Kier molecular flexibility index (Phi) is 3.86. The number of hydrogen-bond acceptors (Lipinski definition) is 6. The second-order valence-corrected chi connectivity index (χ2v) is 8.79. The number of aryl methyl sites for hydroxylation is 1. The van der Waals surface area contributed by atoms with Crippen LogP contribution in [0.15, 0.2) is 0 Å². The first-order valence-corrected chi connectivity index (χ1v) is 9.52. The second-order valence-electron chi connectivity index (χ2n) is 5.47. The predicted molar refractivity (Wildman–Crippen MR) is 75.3 cm³/mol. The molecule has 106 valence electrons. The van der Waals surface area contributed by atoms with Crippen LogP contribution in [-0.4, -0.2) is 42.7 Å². The molecule has 1 unspecified atom stereocenters. The van der Waals surface area contributed by atoms with Crippen LogP contribution >= 0.6 is 11.3 Å². The number of aromatic nitrogens is 2. The van der Waals surface area contributed by atoms with Gasteiger partial charge in [0.1, 0.15) is 10.0 Å². The van der Waals surface area contributed by atoms with Crippen molar-refractivity contribution < 1.29 is 8.42 Å². The third kappa shape index (κ3) is 3.73. The molecule has 1 aromatic heterocycles. The molecule has 5 nitrogen and oxygen atoms in total. The number of hydrogen-bond donors (Lipinski definition) is 1. The van der Waals surface area contributed by atoms with E-state index in [1.54, 1.807) is 11.3 Å².